The minimum atomic E-state index is 0.682. The summed E-state index contributed by atoms with van der Waals surface area (Å²) in [6.45, 7) is 8.88. The molecule has 0 aliphatic heterocycles. The molecule has 1 aliphatic rings. The Bertz CT molecular complexity index is 430. The molecule has 0 amide bonds. The molecule has 1 fully saturated rings. The lowest BCUT2D eigenvalue weighted by molar-refractivity contribution is 0.336. The van der Waals surface area contributed by atoms with Crippen LogP contribution >= 0.6 is 11.3 Å². The molecule has 0 bridgehead atoms. The van der Waals surface area contributed by atoms with Crippen molar-refractivity contribution in [2.75, 3.05) is 18.5 Å². The molecule has 0 aromatic carbocycles. The normalized spacial score (nSPS) is 22.5. The van der Waals surface area contributed by atoms with Gasteiger partial charge in [-0.05, 0) is 38.1 Å². The van der Waals surface area contributed by atoms with Crippen molar-refractivity contribution in [2.24, 2.45) is 5.92 Å². The Morgan fingerprint density at radius 2 is 2.14 bits per heavy atom. The molecule has 1 saturated carbocycles. The third-order valence-electron chi connectivity index (χ3n) is 4.57. The van der Waals surface area contributed by atoms with Crippen molar-refractivity contribution in [2.45, 2.75) is 71.9 Å². The van der Waals surface area contributed by atoms with Gasteiger partial charge < -0.3 is 10.2 Å². The lowest BCUT2D eigenvalue weighted by atomic mass is 9.86. The van der Waals surface area contributed by atoms with E-state index in [1.807, 2.05) is 11.3 Å². The Morgan fingerprint density at radius 3 is 2.81 bits per heavy atom. The molecule has 0 radical (unpaired) electrons. The van der Waals surface area contributed by atoms with Crippen molar-refractivity contribution in [3.8, 4) is 0 Å². The Balaban J connectivity index is 2.04. The number of nitrogens with one attached hydrogen (secondary N) is 1. The molecule has 4 heteroatoms. The molecule has 2 rings (SSSR count). The predicted molar refractivity (Wildman–Crippen MR) is 93.3 cm³/mol. The van der Waals surface area contributed by atoms with Gasteiger partial charge in [0.1, 0.15) is 0 Å². The molecule has 0 spiro atoms. The van der Waals surface area contributed by atoms with E-state index in [9.17, 15) is 0 Å². The van der Waals surface area contributed by atoms with Crippen LogP contribution in [0.1, 0.15) is 63.4 Å². The molecule has 3 nitrogen and oxygen atoms in total. The van der Waals surface area contributed by atoms with Gasteiger partial charge in [0.15, 0.2) is 5.13 Å². The fraction of sp³-hybridized carbons (Fsp3) is 0.824. The Hall–Kier alpha value is -0.610. The molecule has 1 aromatic heterocycles. The first-order valence-electron chi connectivity index (χ1n) is 8.57. The van der Waals surface area contributed by atoms with Crippen LogP contribution in [-0.2, 0) is 13.0 Å². The molecule has 1 aromatic rings. The standard InChI is InChI=1S/C17H31N3S/c1-5-10-18-12-16-15(6-2)19-17(21-16)20(4)14-9-7-8-13(3)11-14/h13-14,18H,5-12H2,1-4H3. The van der Waals surface area contributed by atoms with Crippen LogP contribution in [-0.4, -0.2) is 24.6 Å². The summed E-state index contributed by atoms with van der Waals surface area (Å²) in [5, 5.41) is 4.74. The van der Waals surface area contributed by atoms with E-state index in [4.69, 9.17) is 4.98 Å². The maximum Gasteiger partial charge on any atom is 0.185 e. The summed E-state index contributed by atoms with van der Waals surface area (Å²) < 4.78 is 0. The SMILES string of the molecule is CCCNCc1sc(N(C)C2CCCC(C)C2)nc1CC. The van der Waals surface area contributed by atoms with Crippen molar-refractivity contribution in [3.05, 3.63) is 10.6 Å². The topological polar surface area (TPSA) is 28.2 Å². The Labute approximate surface area is 134 Å². The first-order valence-corrected chi connectivity index (χ1v) is 9.39. The minimum Gasteiger partial charge on any atom is -0.348 e. The predicted octanol–water partition coefficient (Wildman–Crippen LogP) is 4.22. The van der Waals surface area contributed by atoms with Crippen LogP contribution in [0.15, 0.2) is 0 Å². The Morgan fingerprint density at radius 1 is 1.33 bits per heavy atom. The molecule has 1 aliphatic carbocycles. The van der Waals surface area contributed by atoms with E-state index < -0.39 is 0 Å². The van der Waals surface area contributed by atoms with Crippen LogP contribution in [0.5, 0.6) is 0 Å². The van der Waals surface area contributed by atoms with Gasteiger partial charge in [-0.1, -0.05) is 33.6 Å². The number of nitrogens with zero attached hydrogens (tertiary/aromatic N) is 2. The summed E-state index contributed by atoms with van der Waals surface area (Å²) in [6, 6.07) is 0.682. The second kappa shape index (κ2) is 8.14. The van der Waals surface area contributed by atoms with Crippen LogP contribution in [0.3, 0.4) is 0 Å². The van der Waals surface area contributed by atoms with Gasteiger partial charge >= 0.3 is 0 Å². The number of anilines is 1. The van der Waals surface area contributed by atoms with E-state index in [2.05, 4.69) is 38.0 Å². The summed E-state index contributed by atoms with van der Waals surface area (Å²) in [5.41, 5.74) is 1.29. The molecule has 21 heavy (non-hydrogen) atoms. The highest BCUT2D eigenvalue weighted by atomic mass is 32.1. The van der Waals surface area contributed by atoms with Gasteiger partial charge in [-0.2, -0.15) is 0 Å². The van der Waals surface area contributed by atoms with Gasteiger partial charge in [0.05, 0.1) is 5.69 Å². The highest BCUT2D eigenvalue weighted by Gasteiger charge is 2.24. The van der Waals surface area contributed by atoms with E-state index in [-0.39, 0.29) is 0 Å². The van der Waals surface area contributed by atoms with Gasteiger partial charge in [0, 0.05) is 24.5 Å². The summed E-state index contributed by atoms with van der Waals surface area (Å²) >= 11 is 1.89. The monoisotopic (exact) mass is 309 g/mol. The van der Waals surface area contributed by atoms with Crippen LogP contribution in [0.25, 0.3) is 0 Å². The highest BCUT2D eigenvalue weighted by molar-refractivity contribution is 7.15. The van der Waals surface area contributed by atoms with Crippen LogP contribution in [0, 0.1) is 5.92 Å². The Kier molecular flexibility index (Phi) is 6.49. The molecule has 2 unspecified atom stereocenters. The molecule has 0 saturated heterocycles. The van der Waals surface area contributed by atoms with Crippen molar-refractivity contribution >= 4 is 16.5 Å². The zero-order valence-electron chi connectivity index (χ0n) is 14.1. The molecule has 2 atom stereocenters. The number of rotatable bonds is 7. The van der Waals surface area contributed by atoms with E-state index in [0.29, 0.717) is 6.04 Å². The number of hydrogen-bond acceptors (Lipinski definition) is 4. The molecule has 1 heterocycles. The molecular weight excluding hydrogens is 278 g/mol. The van der Waals surface area contributed by atoms with Gasteiger partial charge in [0.2, 0.25) is 0 Å². The van der Waals surface area contributed by atoms with Gasteiger partial charge in [-0.25, -0.2) is 4.98 Å². The second-order valence-corrected chi connectivity index (χ2v) is 7.50. The molecular formula is C17H31N3S. The number of thiazole rings is 1. The second-order valence-electron chi connectivity index (χ2n) is 6.43. The summed E-state index contributed by atoms with van der Waals surface area (Å²) in [7, 11) is 2.24. The van der Waals surface area contributed by atoms with Crippen LogP contribution in [0.2, 0.25) is 0 Å². The largest absolute Gasteiger partial charge is 0.348 e. The van der Waals surface area contributed by atoms with Crippen molar-refractivity contribution in [3.63, 3.8) is 0 Å². The smallest absolute Gasteiger partial charge is 0.185 e. The van der Waals surface area contributed by atoms with Gasteiger partial charge in [-0.3, -0.25) is 0 Å². The number of aromatic nitrogens is 1. The quantitative estimate of drug-likeness (QED) is 0.764. The van der Waals surface area contributed by atoms with Crippen molar-refractivity contribution in [1.82, 2.24) is 10.3 Å². The maximum absolute atomic E-state index is 4.91. The van der Waals surface area contributed by atoms with Gasteiger partial charge in [0.25, 0.3) is 0 Å². The number of hydrogen-bond donors (Lipinski definition) is 1. The average Bonchev–Trinajstić information content (AvgIpc) is 2.90. The fourth-order valence-corrected chi connectivity index (χ4v) is 4.37. The average molecular weight is 310 g/mol. The highest BCUT2D eigenvalue weighted by Crippen LogP contribution is 2.33. The third kappa shape index (κ3) is 4.43. The van der Waals surface area contributed by atoms with Gasteiger partial charge in [-0.15, -0.1) is 11.3 Å². The van der Waals surface area contributed by atoms with Crippen molar-refractivity contribution in [1.29, 1.82) is 0 Å². The van der Waals surface area contributed by atoms with Crippen LogP contribution in [0.4, 0.5) is 5.13 Å². The summed E-state index contributed by atoms with van der Waals surface area (Å²) in [5.74, 6) is 0.863. The number of aryl methyl sites for hydroxylation is 1. The first-order chi connectivity index (χ1) is 10.2. The fourth-order valence-electron chi connectivity index (χ4n) is 3.22. The van der Waals surface area contributed by atoms with Crippen LogP contribution < -0.4 is 10.2 Å². The lowest BCUT2D eigenvalue weighted by Gasteiger charge is -2.33. The maximum atomic E-state index is 4.91. The minimum absolute atomic E-state index is 0.682. The summed E-state index contributed by atoms with van der Waals surface area (Å²) in [4.78, 5) is 8.79. The van der Waals surface area contributed by atoms with E-state index in [1.165, 1.54) is 47.8 Å². The first kappa shape index (κ1) is 16.8. The molecule has 120 valence electrons. The van der Waals surface area contributed by atoms with E-state index in [1.54, 1.807) is 0 Å². The summed E-state index contributed by atoms with van der Waals surface area (Å²) in [6.07, 6.45) is 7.63. The van der Waals surface area contributed by atoms with Crippen molar-refractivity contribution < 1.29 is 0 Å². The van der Waals surface area contributed by atoms with E-state index in [0.717, 1.165) is 25.4 Å². The zero-order chi connectivity index (χ0) is 15.2. The molecule has 1 N–H and O–H groups in total. The third-order valence-corrected chi connectivity index (χ3v) is 5.76. The zero-order valence-corrected chi connectivity index (χ0v) is 14.9. The van der Waals surface area contributed by atoms with E-state index >= 15 is 0 Å². The lowest BCUT2D eigenvalue weighted by Crippen LogP contribution is -2.35.